The van der Waals surface area contributed by atoms with Gasteiger partial charge >= 0.3 is 11.9 Å². The molecule has 17 heteroatoms. The number of hydrogen-bond acceptors (Lipinski definition) is 8. The average Bonchev–Trinajstić information content (AvgIpc) is 3.78. The number of carbonyl (C=O) groups is 7. The summed E-state index contributed by atoms with van der Waals surface area (Å²) in [5.74, 6) is -7.59. The fourth-order valence-electron chi connectivity index (χ4n) is 9.45. The lowest BCUT2D eigenvalue weighted by Crippen LogP contribution is -2.61. The van der Waals surface area contributed by atoms with Gasteiger partial charge in [-0.2, -0.15) is 0 Å². The summed E-state index contributed by atoms with van der Waals surface area (Å²) >= 11 is 0. The molecule has 394 valence electrons. The number of hydrogen-bond donors (Lipinski definition) is 9. The number of aromatic nitrogens is 1. The van der Waals surface area contributed by atoms with Crippen molar-refractivity contribution >= 4 is 58.2 Å². The van der Waals surface area contributed by atoms with E-state index in [1.54, 1.807) is 27.0 Å². The van der Waals surface area contributed by atoms with Crippen LogP contribution in [-0.2, 0) is 40.0 Å². The lowest BCUT2D eigenvalue weighted by Gasteiger charge is -2.32. The molecule has 1 aliphatic rings. The molecule has 0 spiro atoms. The van der Waals surface area contributed by atoms with E-state index in [1.807, 2.05) is 113 Å². The van der Waals surface area contributed by atoms with Crippen molar-refractivity contribution in [2.45, 2.75) is 161 Å². The van der Waals surface area contributed by atoms with Gasteiger partial charge in [0.2, 0.25) is 29.5 Å². The summed E-state index contributed by atoms with van der Waals surface area (Å²) in [5, 5.41) is 38.1. The molecule has 1 heterocycles. The van der Waals surface area contributed by atoms with E-state index >= 15 is 0 Å². The van der Waals surface area contributed by atoms with Crippen LogP contribution < -0.4 is 31.9 Å². The van der Waals surface area contributed by atoms with Crippen LogP contribution in [0.3, 0.4) is 0 Å². The highest BCUT2D eigenvalue weighted by molar-refractivity contribution is 5.98. The van der Waals surface area contributed by atoms with E-state index in [0.717, 1.165) is 54.1 Å². The molecule has 0 saturated heterocycles. The molecule has 5 rings (SSSR count). The highest BCUT2D eigenvalue weighted by Crippen LogP contribution is 2.29. The van der Waals surface area contributed by atoms with E-state index < -0.39 is 102 Å². The van der Waals surface area contributed by atoms with E-state index in [1.165, 1.54) is 0 Å². The molecule has 3 aromatic carbocycles. The number of carboxylic acid groups (broad SMARTS) is 2. The van der Waals surface area contributed by atoms with Crippen molar-refractivity contribution in [3.63, 3.8) is 0 Å². The van der Waals surface area contributed by atoms with Gasteiger partial charge in [0.15, 0.2) is 0 Å². The summed E-state index contributed by atoms with van der Waals surface area (Å²) in [6.45, 7) is 12.6. The molecule has 4 aromatic rings. The molecule has 73 heavy (non-hydrogen) atoms. The number of fused-ring (bicyclic) bond motifs is 1. The van der Waals surface area contributed by atoms with Crippen LogP contribution >= 0.6 is 0 Å². The Hall–Kier alpha value is -7.04. The van der Waals surface area contributed by atoms with Gasteiger partial charge in [-0.25, -0.2) is 4.79 Å². The summed E-state index contributed by atoms with van der Waals surface area (Å²) < 4.78 is 0. The predicted octanol–water partition coefficient (Wildman–Crippen LogP) is 6.37. The van der Waals surface area contributed by atoms with Gasteiger partial charge < -0.3 is 47.1 Å². The van der Waals surface area contributed by atoms with E-state index in [4.69, 9.17) is 4.99 Å². The van der Waals surface area contributed by atoms with Crippen LogP contribution in [-0.4, -0.2) is 105 Å². The lowest BCUT2D eigenvalue weighted by atomic mass is 9.84. The number of amidine groups is 1. The third-order valence-corrected chi connectivity index (χ3v) is 13.9. The first kappa shape index (κ1) is 56.9. The smallest absolute Gasteiger partial charge is 0.326 e. The Morgan fingerprint density at radius 2 is 1.10 bits per heavy atom. The van der Waals surface area contributed by atoms with Gasteiger partial charge in [0, 0.05) is 29.4 Å². The molecule has 9 N–H and O–H groups in total. The highest BCUT2D eigenvalue weighted by atomic mass is 16.4. The highest BCUT2D eigenvalue weighted by Gasteiger charge is 2.38. The fourth-order valence-corrected chi connectivity index (χ4v) is 9.45. The van der Waals surface area contributed by atoms with Crippen molar-refractivity contribution in [1.82, 2.24) is 36.9 Å². The number of aromatic amines is 1. The standard InChI is InChI=1S/C56H76N8O9/c1-8-34(5)48(53(69)62-45(56(72)73)30-39-32-57-42-28-20-19-27-41(39)42)64-54(70)49(35(6)9-2)63-52(68)44(31-46(65)66)60-51(67)43(29-33(3)4)61-55(71)50(59-36(7)58-40-25-17-12-18-26-40)47(37-21-13-10-14-22-37)38-23-15-11-16-24-38/h10-11,13-16,19-24,27-28,32-35,40,43-45,47-50,57H,8-9,12,17-18,25-26,29-31H2,1-7H3,(H,58,59)(H,60,67)(H,61,71)(H,62,69)(H,63,68)(H,64,70)(H,65,66)(H,72,73)/t34-,35-,43-,44-,45-,48-,49-,50+/m0/s1. The Morgan fingerprint density at radius 3 is 1.64 bits per heavy atom. The van der Waals surface area contributed by atoms with Gasteiger partial charge in [0.05, 0.1) is 18.3 Å². The van der Waals surface area contributed by atoms with E-state index in [-0.39, 0.29) is 24.8 Å². The predicted molar refractivity (Wildman–Crippen MR) is 282 cm³/mol. The number of amides is 5. The molecule has 5 amide bonds. The van der Waals surface area contributed by atoms with Gasteiger partial charge in [-0.1, -0.05) is 153 Å². The fraction of sp³-hybridized carbons (Fsp3) is 0.500. The van der Waals surface area contributed by atoms with E-state index in [0.29, 0.717) is 24.2 Å². The maximum atomic E-state index is 14.9. The first-order valence-corrected chi connectivity index (χ1v) is 25.8. The Balaban J connectivity index is 1.37. The Labute approximate surface area is 428 Å². The third-order valence-electron chi connectivity index (χ3n) is 13.9. The second-order valence-corrected chi connectivity index (χ2v) is 20.0. The van der Waals surface area contributed by atoms with Crippen LogP contribution in [0.15, 0.2) is 96.1 Å². The van der Waals surface area contributed by atoms with Crippen molar-refractivity contribution < 1.29 is 43.8 Å². The SMILES string of the molecule is CC[C@H](C)[C@H](NC(=O)[C@H](CC(=O)O)NC(=O)[C@H](CC(C)C)NC(=O)[C@H](NC(C)=NC1CCCCC1)C(c1ccccc1)c1ccccc1)C(=O)N[C@H](C(=O)N[C@@H](Cc1c[nH]c2ccccc12)C(=O)O)[C@@H](C)CC. The van der Waals surface area contributed by atoms with E-state index in [9.17, 15) is 43.8 Å². The average molecular weight is 1010 g/mol. The summed E-state index contributed by atoms with van der Waals surface area (Å²) in [5.41, 5.74) is 3.18. The van der Waals surface area contributed by atoms with Crippen LogP contribution in [0.5, 0.6) is 0 Å². The number of aliphatic carboxylic acids is 2. The summed E-state index contributed by atoms with van der Waals surface area (Å²) in [4.78, 5) is 105. The molecule has 1 fully saturated rings. The second kappa shape index (κ2) is 27.7. The van der Waals surface area contributed by atoms with Gasteiger partial charge in [0.1, 0.15) is 36.3 Å². The summed E-state index contributed by atoms with van der Waals surface area (Å²) in [7, 11) is 0. The van der Waals surface area contributed by atoms with Gasteiger partial charge in [-0.3, -0.25) is 33.8 Å². The third kappa shape index (κ3) is 16.5. The number of para-hydroxylation sites is 1. The van der Waals surface area contributed by atoms with Gasteiger partial charge in [-0.05, 0) is 66.7 Å². The zero-order valence-electron chi connectivity index (χ0n) is 43.3. The summed E-state index contributed by atoms with van der Waals surface area (Å²) in [6, 6.07) is 18.9. The maximum Gasteiger partial charge on any atom is 0.326 e. The van der Waals surface area contributed by atoms with Crippen LogP contribution in [0.2, 0.25) is 0 Å². The molecular formula is C56H76N8O9. The largest absolute Gasteiger partial charge is 0.481 e. The number of carbonyl (C=O) groups excluding carboxylic acids is 5. The summed E-state index contributed by atoms with van der Waals surface area (Å²) in [6.07, 6.45) is 6.90. The van der Waals surface area contributed by atoms with Crippen molar-refractivity contribution in [3.8, 4) is 0 Å². The van der Waals surface area contributed by atoms with Crippen molar-refractivity contribution in [2.75, 3.05) is 0 Å². The van der Waals surface area contributed by atoms with Crippen molar-refractivity contribution in [2.24, 2.45) is 22.7 Å². The Morgan fingerprint density at radius 1 is 0.603 bits per heavy atom. The van der Waals surface area contributed by atoms with Gasteiger partial charge in [0.25, 0.3) is 0 Å². The van der Waals surface area contributed by atoms with Crippen molar-refractivity contribution in [1.29, 1.82) is 0 Å². The number of nitrogens with one attached hydrogen (secondary N) is 7. The van der Waals surface area contributed by atoms with E-state index in [2.05, 4.69) is 36.9 Å². The molecule has 1 aromatic heterocycles. The number of nitrogens with zero attached hydrogens (tertiary/aromatic N) is 1. The molecule has 0 aliphatic heterocycles. The molecule has 1 saturated carbocycles. The molecule has 0 unspecified atom stereocenters. The quantitative estimate of drug-likeness (QED) is 0.0248. The van der Waals surface area contributed by atoms with Crippen LogP contribution in [0, 0.1) is 17.8 Å². The zero-order chi connectivity index (χ0) is 53.2. The maximum absolute atomic E-state index is 14.9. The number of benzene rings is 3. The van der Waals surface area contributed by atoms with Crippen molar-refractivity contribution in [3.05, 3.63) is 108 Å². The lowest BCUT2D eigenvalue weighted by molar-refractivity contribution is -0.142. The first-order valence-electron chi connectivity index (χ1n) is 25.8. The number of H-pyrrole nitrogens is 1. The minimum absolute atomic E-state index is 0.0373. The number of aliphatic imine (C=N–C) groups is 1. The zero-order valence-corrected chi connectivity index (χ0v) is 43.3. The molecule has 17 nitrogen and oxygen atoms in total. The number of carboxylic acids is 2. The van der Waals surface area contributed by atoms with Crippen LogP contribution in [0.1, 0.15) is 129 Å². The Bertz CT molecular complexity index is 2470. The van der Waals surface area contributed by atoms with Crippen LogP contribution in [0.25, 0.3) is 10.9 Å². The molecule has 8 atom stereocenters. The number of rotatable bonds is 26. The molecule has 0 bridgehead atoms. The molecule has 1 aliphatic carbocycles. The first-order chi connectivity index (χ1) is 34.9. The minimum atomic E-state index is -1.69. The van der Waals surface area contributed by atoms with Gasteiger partial charge in [-0.15, -0.1) is 0 Å². The van der Waals surface area contributed by atoms with Crippen LogP contribution in [0.4, 0.5) is 0 Å². The monoisotopic (exact) mass is 1000 g/mol. The normalized spacial score (nSPS) is 16.5. The topological polar surface area (TPSA) is 260 Å². The minimum Gasteiger partial charge on any atom is -0.481 e. The Kier molecular flexibility index (Phi) is 21.6. The second-order valence-electron chi connectivity index (χ2n) is 20.0. The molecular weight excluding hydrogens is 929 g/mol. The molecule has 0 radical (unpaired) electrons.